The molecule has 0 rings (SSSR count). The minimum absolute atomic E-state index is 0.401. The minimum atomic E-state index is 0.401. The zero-order chi connectivity index (χ0) is 15.8. The Bertz CT molecular complexity index is 218. The Kier molecular flexibility index (Phi) is 15.5. The van der Waals surface area contributed by atoms with E-state index in [1.54, 1.807) is 0 Å². The predicted molar refractivity (Wildman–Crippen MR) is 93.6 cm³/mol. The van der Waals surface area contributed by atoms with E-state index in [0.29, 0.717) is 5.91 Å². The van der Waals surface area contributed by atoms with E-state index in [1.165, 1.54) is 70.6 Å². The molecule has 0 aromatic rings. The zero-order valence-corrected chi connectivity index (χ0v) is 15.0. The Morgan fingerprint density at radius 1 is 0.619 bits per heavy atom. The Labute approximate surface area is 133 Å². The first-order valence-electron chi connectivity index (χ1n) is 9.54. The summed E-state index contributed by atoms with van der Waals surface area (Å²) < 4.78 is 0. The normalized spacial score (nSPS) is 10.8. The van der Waals surface area contributed by atoms with Crippen molar-refractivity contribution in [1.29, 1.82) is 0 Å². The molecule has 126 valence electrons. The Morgan fingerprint density at radius 2 is 1.05 bits per heavy atom. The van der Waals surface area contributed by atoms with E-state index in [-0.39, 0.29) is 0 Å². The molecule has 0 aliphatic rings. The average Bonchev–Trinajstić information content (AvgIpc) is 2.49. The van der Waals surface area contributed by atoms with Gasteiger partial charge in [0.2, 0.25) is 5.91 Å². The number of hydrogen-bond donors (Lipinski definition) is 0. The molecule has 2 nitrogen and oxygen atoms in total. The van der Waals surface area contributed by atoms with Gasteiger partial charge in [0.1, 0.15) is 0 Å². The summed E-state index contributed by atoms with van der Waals surface area (Å²) in [5.41, 5.74) is 0. The number of hydrogen-bond acceptors (Lipinski definition) is 1. The minimum Gasteiger partial charge on any atom is -0.343 e. The largest absolute Gasteiger partial charge is 0.343 e. The third-order valence-corrected chi connectivity index (χ3v) is 4.16. The first-order chi connectivity index (χ1) is 10.3. The summed E-state index contributed by atoms with van der Waals surface area (Å²) >= 11 is 0. The zero-order valence-electron chi connectivity index (χ0n) is 15.0. The Hall–Kier alpha value is -0.530. The van der Waals surface area contributed by atoms with Crippen LogP contribution in [0.1, 0.15) is 104 Å². The van der Waals surface area contributed by atoms with Crippen LogP contribution in [0.5, 0.6) is 0 Å². The third kappa shape index (κ3) is 12.9. The van der Waals surface area contributed by atoms with E-state index in [1.807, 2.05) is 0 Å². The lowest BCUT2D eigenvalue weighted by atomic mass is 10.1. The van der Waals surface area contributed by atoms with Crippen LogP contribution >= 0.6 is 0 Å². The average molecular weight is 298 g/mol. The van der Waals surface area contributed by atoms with Crippen molar-refractivity contribution in [3.63, 3.8) is 0 Å². The first-order valence-corrected chi connectivity index (χ1v) is 9.54. The van der Waals surface area contributed by atoms with Gasteiger partial charge in [0.15, 0.2) is 0 Å². The van der Waals surface area contributed by atoms with Crippen LogP contribution in [0.3, 0.4) is 0 Å². The molecule has 21 heavy (non-hydrogen) atoms. The van der Waals surface area contributed by atoms with Gasteiger partial charge in [-0.3, -0.25) is 4.79 Å². The molecule has 0 aromatic carbocycles. The van der Waals surface area contributed by atoms with Gasteiger partial charge in [0, 0.05) is 19.5 Å². The van der Waals surface area contributed by atoms with Gasteiger partial charge in [0.25, 0.3) is 0 Å². The molecule has 0 bridgehead atoms. The lowest BCUT2D eigenvalue weighted by Crippen LogP contribution is -2.32. The van der Waals surface area contributed by atoms with Gasteiger partial charge in [0.05, 0.1) is 0 Å². The van der Waals surface area contributed by atoms with E-state index in [9.17, 15) is 4.79 Å². The van der Waals surface area contributed by atoms with Crippen molar-refractivity contribution < 1.29 is 4.79 Å². The summed E-state index contributed by atoms with van der Waals surface area (Å²) in [6.45, 7) is 8.64. The van der Waals surface area contributed by atoms with E-state index >= 15 is 0 Å². The molecule has 2 heteroatoms. The van der Waals surface area contributed by atoms with Crippen LogP contribution in [-0.4, -0.2) is 23.9 Å². The van der Waals surface area contributed by atoms with Crippen molar-refractivity contribution in [3.05, 3.63) is 0 Å². The van der Waals surface area contributed by atoms with E-state index in [0.717, 1.165) is 25.9 Å². The van der Waals surface area contributed by atoms with Gasteiger partial charge in [-0.05, 0) is 19.3 Å². The summed E-state index contributed by atoms with van der Waals surface area (Å²) in [7, 11) is 0. The molecular formula is C19H39NO. The Balaban J connectivity index is 3.87. The second kappa shape index (κ2) is 15.9. The number of rotatable bonds is 15. The fourth-order valence-corrected chi connectivity index (χ4v) is 2.68. The molecule has 0 unspecified atom stereocenters. The topological polar surface area (TPSA) is 20.3 Å². The van der Waals surface area contributed by atoms with Crippen LogP contribution in [0, 0.1) is 0 Å². The van der Waals surface area contributed by atoms with E-state index in [2.05, 4.69) is 25.7 Å². The van der Waals surface area contributed by atoms with Crippen molar-refractivity contribution in [2.45, 2.75) is 104 Å². The van der Waals surface area contributed by atoms with Gasteiger partial charge in [-0.1, -0.05) is 78.6 Å². The van der Waals surface area contributed by atoms with Crippen LogP contribution in [0.2, 0.25) is 0 Å². The summed E-state index contributed by atoms with van der Waals surface area (Å²) in [5, 5.41) is 0. The third-order valence-electron chi connectivity index (χ3n) is 4.16. The SMILES string of the molecule is CCCCCCCCC(=O)N(CCCCC)CCCCC. The summed E-state index contributed by atoms with van der Waals surface area (Å²) in [6.07, 6.45) is 15.6. The molecule has 0 heterocycles. The monoisotopic (exact) mass is 297 g/mol. The Morgan fingerprint density at radius 3 is 1.57 bits per heavy atom. The van der Waals surface area contributed by atoms with Crippen LogP contribution in [-0.2, 0) is 4.79 Å². The highest BCUT2D eigenvalue weighted by molar-refractivity contribution is 5.76. The van der Waals surface area contributed by atoms with Gasteiger partial charge in [-0.25, -0.2) is 0 Å². The second-order valence-electron chi connectivity index (χ2n) is 6.31. The van der Waals surface area contributed by atoms with E-state index in [4.69, 9.17) is 0 Å². The van der Waals surface area contributed by atoms with Gasteiger partial charge < -0.3 is 4.90 Å². The first kappa shape index (κ1) is 20.5. The molecule has 0 radical (unpaired) electrons. The molecule has 0 saturated carbocycles. The van der Waals surface area contributed by atoms with Gasteiger partial charge in [-0.2, -0.15) is 0 Å². The highest BCUT2D eigenvalue weighted by Crippen LogP contribution is 2.10. The molecule has 0 aromatic heterocycles. The van der Waals surface area contributed by atoms with Crippen LogP contribution in [0.15, 0.2) is 0 Å². The highest BCUT2D eigenvalue weighted by atomic mass is 16.2. The summed E-state index contributed by atoms with van der Waals surface area (Å²) in [6, 6.07) is 0. The van der Waals surface area contributed by atoms with E-state index < -0.39 is 0 Å². The summed E-state index contributed by atoms with van der Waals surface area (Å²) in [5.74, 6) is 0.401. The highest BCUT2D eigenvalue weighted by Gasteiger charge is 2.12. The van der Waals surface area contributed by atoms with Crippen LogP contribution < -0.4 is 0 Å². The molecule has 0 atom stereocenters. The maximum atomic E-state index is 12.3. The molecular weight excluding hydrogens is 258 g/mol. The fraction of sp³-hybridized carbons (Fsp3) is 0.947. The number of amides is 1. The predicted octanol–water partition coefficient (Wildman–Crippen LogP) is 5.95. The van der Waals surface area contributed by atoms with Crippen LogP contribution in [0.25, 0.3) is 0 Å². The number of unbranched alkanes of at least 4 members (excludes halogenated alkanes) is 9. The quantitative estimate of drug-likeness (QED) is 0.342. The van der Waals surface area contributed by atoms with Crippen molar-refractivity contribution in [2.24, 2.45) is 0 Å². The maximum absolute atomic E-state index is 12.3. The summed E-state index contributed by atoms with van der Waals surface area (Å²) in [4.78, 5) is 14.5. The smallest absolute Gasteiger partial charge is 0.222 e. The molecule has 0 saturated heterocycles. The molecule has 0 aliphatic heterocycles. The lowest BCUT2D eigenvalue weighted by Gasteiger charge is -2.23. The van der Waals surface area contributed by atoms with Gasteiger partial charge in [-0.15, -0.1) is 0 Å². The van der Waals surface area contributed by atoms with Crippen molar-refractivity contribution in [1.82, 2.24) is 4.90 Å². The molecule has 0 aliphatic carbocycles. The maximum Gasteiger partial charge on any atom is 0.222 e. The van der Waals surface area contributed by atoms with Crippen LogP contribution in [0.4, 0.5) is 0 Å². The van der Waals surface area contributed by atoms with Crippen molar-refractivity contribution in [3.8, 4) is 0 Å². The number of nitrogens with zero attached hydrogens (tertiary/aromatic N) is 1. The molecule has 0 N–H and O–H groups in total. The van der Waals surface area contributed by atoms with Crippen molar-refractivity contribution >= 4 is 5.91 Å². The number of carbonyl (C=O) groups excluding carboxylic acids is 1. The number of carbonyl (C=O) groups is 1. The fourth-order valence-electron chi connectivity index (χ4n) is 2.68. The molecule has 1 amide bonds. The van der Waals surface area contributed by atoms with Crippen molar-refractivity contribution in [2.75, 3.05) is 13.1 Å². The molecule has 0 fully saturated rings. The van der Waals surface area contributed by atoms with Gasteiger partial charge >= 0.3 is 0 Å². The lowest BCUT2D eigenvalue weighted by molar-refractivity contribution is -0.131. The standard InChI is InChI=1S/C19H39NO/c1-4-7-10-11-12-13-16-19(21)20(17-14-8-5-2)18-15-9-6-3/h4-18H2,1-3H3. The second-order valence-corrected chi connectivity index (χ2v) is 6.31. The molecule has 0 spiro atoms.